The summed E-state index contributed by atoms with van der Waals surface area (Å²) < 4.78 is -0.750. The van der Waals surface area contributed by atoms with E-state index in [1.807, 2.05) is 78.9 Å². The van der Waals surface area contributed by atoms with Crippen LogP contribution < -0.4 is 0 Å². The van der Waals surface area contributed by atoms with Crippen LogP contribution in [0.25, 0.3) is 0 Å². The van der Waals surface area contributed by atoms with Crippen molar-refractivity contribution in [3.05, 3.63) is 105 Å². The molecule has 0 aliphatic carbocycles. The highest BCUT2D eigenvalue weighted by molar-refractivity contribution is 7.79. The SMILES string of the molecule is ClC(Cl)Cl.ClCc1ccc(Cl)cc1.Clc1ccccc1.SCc1ccc(Cl)cc1. The zero-order chi connectivity index (χ0) is 22.1. The van der Waals surface area contributed by atoms with Gasteiger partial charge in [-0.2, -0.15) is 12.6 Å². The Labute approximate surface area is 213 Å². The number of rotatable bonds is 2. The normalized spacial score (nSPS) is 9.28. The summed E-state index contributed by atoms with van der Waals surface area (Å²) in [5, 5.41) is 2.33. The minimum Gasteiger partial charge on any atom is -0.175 e. The molecule has 0 aromatic heterocycles. The first-order chi connectivity index (χ1) is 13.8. The predicted octanol–water partition coefficient (Wildman–Crippen LogP) is 10.2. The van der Waals surface area contributed by atoms with Gasteiger partial charge in [0.2, 0.25) is 0 Å². The molecule has 0 spiro atoms. The zero-order valence-corrected chi connectivity index (χ0v) is 21.3. The molecule has 0 heterocycles. The molecule has 3 rings (SSSR count). The van der Waals surface area contributed by atoms with Gasteiger partial charge in [0.15, 0.2) is 4.30 Å². The number of benzene rings is 3. The fourth-order valence-electron chi connectivity index (χ4n) is 1.58. The van der Waals surface area contributed by atoms with E-state index in [4.69, 9.17) is 81.2 Å². The Balaban J connectivity index is 0.000000375. The van der Waals surface area contributed by atoms with Crippen LogP contribution in [0.3, 0.4) is 0 Å². The molecule has 0 nitrogen and oxygen atoms in total. The Bertz CT molecular complexity index is 700. The molecule has 0 saturated carbocycles. The van der Waals surface area contributed by atoms with E-state index < -0.39 is 4.30 Å². The van der Waals surface area contributed by atoms with Gasteiger partial charge in [-0.1, -0.05) is 112 Å². The van der Waals surface area contributed by atoms with Crippen LogP contribution in [0.2, 0.25) is 15.1 Å². The van der Waals surface area contributed by atoms with Gasteiger partial charge in [0.25, 0.3) is 0 Å². The lowest BCUT2D eigenvalue weighted by molar-refractivity contribution is 1.40. The highest BCUT2D eigenvalue weighted by Gasteiger charge is 1.88. The predicted molar refractivity (Wildman–Crippen MR) is 138 cm³/mol. The number of alkyl halides is 4. The van der Waals surface area contributed by atoms with Gasteiger partial charge < -0.3 is 0 Å². The van der Waals surface area contributed by atoms with Crippen molar-refractivity contribution < 1.29 is 0 Å². The molecule has 8 heteroatoms. The first kappa shape index (κ1) is 29.0. The van der Waals surface area contributed by atoms with Crippen LogP contribution in [0.4, 0.5) is 0 Å². The Morgan fingerprint density at radius 2 is 0.931 bits per heavy atom. The smallest absolute Gasteiger partial charge is 0.175 e. The second-order valence-corrected chi connectivity index (χ2v) is 8.96. The summed E-state index contributed by atoms with van der Waals surface area (Å²) in [5.74, 6) is 1.33. The van der Waals surface area contributed by atoms with Crippen molar-refractivity contribution in [2.45, 2.75) is 15.9 Å². The Morgan fingerprint density at radius 1 is 0.586 bits per heavy atom. The lowest BCUT2D eigenvalue weighted by atomic mass is 10.2. The number of halogens is 7. The van der Waals surface area contributed by atoms with Crippen LogP contribution in [-0.2, 0) is 11.6 Å². The van der Waals surface area contributed by atoms with Gasteiger partial charge >= 0.3 is 0 Å². The van der Waals surface area contributed by atoms with Crippen molar-refractivity contribution in [1.29, 1.82) is 0 Å². The monoisotopic (exact) mass is 548 g/mol. The fourth-order valence-corrected chi connectivity index (χ4v) is 2.36. The molecule has 0 radical (unpaired) electrons. The van der Waals surface area contributed by atoms with E-state index in [1.165, 1.54) is 5.56 Å². The minimum atomic E-state index is -0.750. The van der Waals surface area contributed by atoms with E-state index in [9.17, 15) is 0 Å². The van der Waals surface area contributed by atoms with Crippen molar-refractivity contribution in [2.75, 3.05) is 0 Å². The van der Waals surface area contributed by atoms with Gasteiger partial charge in [0, 0.05) is 26.7 Å². The second kappa shape index (κ2) is 18.8. The minimum absolute atomic E-state index is 0.553. The lowest BCUT2D eigenvalue weighted by Crippen LogP contribution is -1.73. The molecule has 0 fully saturated rings. The van der Waals surface area contributed by atoms with Crippen molar-refractivity contribution >= 4 is 93.8 Å². The topological polar surface area (TPSA) is 0 Å². The number of thiol groups is 1. The van der Waals surface area contributed by atoms with Gasteiger partial charge in [-0.25, -0.2) is 0 Å². The summed E-state index contributed by atoms with van der Waals surface area (Å²) >= 11 is 40.9. The van der Waals surface area contributed by atoms with Crippen molar-refractivity contribution in [1.82, 2.24) is 0 Å². The van der Waals surface area contributed by atoms with Crippen LogP contribution in [0.15, 0.2) is 78.9 Å². The van der Waals surface area contributed by atoms with Crippen molar-refractivity contribution in [3.63, 3.8) is 0 Å². The highest BCUT2D eigenvalue weighted by Crippen LogP contribution is 2.11. The zero-order valence-electron chi connectivity index (χ0n) is 15.1. The summed E-state index contributed by atoms with van der Waals surface area (Å²) in [7, 11) is 0. The van der Waals surface area contributed by atoms with E-state index in [1.54, 1.807) is 0 Å². The molecular weight excluding hydrogens is 532 g/mol. The Morgan fingerprint density at radius 3 is 1.21 bits per heavy atom. The van der Waals surface area contributed by atoms with E-state index in [2.05, 4.69) is 12.6 Å². The maximum absolute atomic E-state index is 5.64. The molecule has 0 N–H and O–H groups in total. The van der Waals surface area contributed by atoms with Gasteiger partial charge in [-0.15, -0.1) is 11.6 Å². The molecule has 0 bridgehead atoms. The van der Waals surface area contributed by atoms with Gasteiger partial charge in [-0.3, -0.25) is 0 Å². The highest BCUT2D eigenvalue weighted by atomic mass is 35.6. The van der Waals surface area contributed by atoms with Crippen molar-refractivity contribution in [2.24, 2.45) is 0 Å². The molecule has 3 aromatic carbocycles. The fraction of sp³-hybridized carbons (Fsp3) is 0.143. The molecule has 0 amide bonds. The number of hydrogen-bond acceptors (Lipinski definition) is 1. The summed E-state index contributed by atoms with van der Waals surface area (Å²) in [6.07, 6.45) is 0. The molecule has 0 atom stereocenters. The molecule has 0 saturated heterocycles. The maximum Gasteiger partial charge on any atom is 0.180 e. The van der Waals surface area contributed by atoms with Crippen LogP contribution in [-0.4, -0.2) is 4.30 Å². The first-order valence-corrected chi connectivity index (χ1v) is 11.7. The van der Waals surface area contributed by atoms with E-state index in [0.717, 1.165) is 26.4 Å². The Kier molecular flexibility index (Phi) is 18.8. The molecule has 0 aliphatic rings. The van der Waals surface area contributed by atoms with Gasteiger partial charge in [0.1, 0.15) is 0 Å². The van der Waals surface area contributed by atoms with Crippen LogP contribution in [0.1, 0.15) is 11.1 Å². The summed E-state index contributed by atoms with van der Waals surface area (Å²) in [6.45, 7) is 0. The van der Waals surface area contributed by atoms with Gasteiger partial charge in [-0.05, 0) is 47.5 Å². The third kappa shape index (κ3) is 18.5. The molecule has 0 aliphatic heterocycles. The van der Waals surface area contributed by atoms with E-state index in [-0.39, 0.29) is 0 Å². The maximum atomic E-state index is 5.64. The van der Waals surface area contributed by atoms with Crippen LogP contribution >= 0.6 is 93.8 Å². The van der Waals surface area contributed by atoms with Crippen molar-refractivity contribution in [3.8, 4) is 0 Å². The second-order valence-electron chi connectivity index (χ2n) is 5.09. The summed E-state index contributed by atoms with van der Waals surface area (Å²) in [4.78, 5) is 0. The third-order valence-electron chi connectivity index (χ3n) is 2.90. The van der Waals surface area contributed by atoms with Crippen LogP contribution in [0.5, 0.6) is 0 Å². The molecule has 158 valence electrons. The average Bonchev–Trinajstić information content (AvgIpc) is 2.70. The van der Waals surface area contributed by atoms with E-state index in [0.29, 0.717) is 5.88 Å². The summed E-state index contributed by atoms with van der Waals surface area (Å²) in [5.41, 5.74) is 2.30. The molecular formula is C21H19Cl7S. The lowest BCUT2D eigenvalue weighted by Gasteiger charge is -1.92. The first-order valence-electron chi connectivity index (χ1n) is 8.07. The number of hydrogen-bond donors (Lipinski definition) is 1. The quantitative estimate of drug-likeness (QED) is 0.238. The average molecular weight is 552 g/mol. The molecule has 29 heavy (non-hydrogen) atoms. The molecule has 3 aromatic rings. The standard InChI is InChI=1S/C7H6Cl2.C7H7ClS.C6H5Cl.CHCl3/c8-5-6-1-3-7(9)4-2-6;8-7-3-1-6(5-9)2-4-7;7-6-4-2-1-3-5-6;2-1(3)4/h1-4H,5H2;1-4,9H,5H2;1-5H;1H. The largest absolute Gasteiger partial charge is 0.180 e. The summed E-state index contributed by atoms with van der Waals surface area (Å²) in [6, 6.07) is 24.6. The molecule has 0 unspecified atom stereocenters. The Hall–Kier alpha value is 0.0400. The third-order valence-corrected chi connectivity index (χ3v) is 4.33. The van der Waals surface area contributed by atoms with Gasteiger partial charge in [0.05, 0.1) is 0 Å². The van der Waals surface area contributed by atoms with Crippen LogP contribution in [0, 0.1) is 0 Å². The van der Waals surface area contributed by atoms with E-state index >= 15 is 0 Å².